The van der Waals surface area contributed by atoms with E-state index in [4.69, 9.17) is 10.5 Å². The number of aliphatic imine (C=N–C) groups is 1. The summed E-state index contributed by atoms with van der Waals surface area (Å²) >= 11 is 0. The first kappa shape index (κ1) is 19.5. The van der Waals surface area contributed by atoms with Crippen LogP contribution in [0.2, 0.25) is 0 Å². The highest BCUT2D eigenvalue weighted by molar-refractivity contribution is 6.08. The lowest BCUT2D eigenvalue weighted by Gasteiger charge is -2.48. The van der Waals surface area contributed by atoms with Crippen molar-refractivity contribution in [2.24, 2.45) is 10.7 Å². The van der Waals surface area contributed by atoms with E-state index in [1.165, 1.54) is 16.8 Å². The first-order valence-corrected chi connectivity index (χ1v) is 8.78. The van der Waals surface area contributed by atoms with Crippen LogP contribution in [0, 0.1) is 5.82 Å². The molecule has 0 atom stereocenters. The highest BCUT2D eigenvalue weighted by Crippen LogP contribution is 2.40. The van der Waals surface area contributed by atoms with Crippen molar-refractivity contribution in [2.75, 3.05) is 14.1 Å². The van der Waals surface area contributed by atoms with Gasteiger partial charge in [-0.25, -0.2) is 13.9 Å². The van der Waals surface area contributed by atoms with Gasteiger partial charge in [-0.2, -0.15) is 5.10 Å². The molecule has 0 bridgehead atoms. The Hall–Kier alpha value is -3.23. The molecule has 148 valence electrons. The number of amides is 1. The van der Waals surface area contributed by atoms with Crippen molar-refractivity contribution in [2.45, 2.75) is 31.4 Å². The van der Waals surface area contributed by atoms with Crippen molar-refractivity contribution >= 4 is 23.2 Å². The molecular formula is C19H23FN6O2. The highest BCUT2D eigenvalue weighted by Gasteiger charge is 2.46. The maximum atomic E-state index is 14.3. The zero-order valence-corrected chi connectivity index (χ0v) is 16.1. The molecule has 0 spiro atoms. The topological polar surface area (TPSA) is 98.1 Å². The Morgan fingerprint density at radius 1 is 1.57 bits per heavy atom. The predicted octanol–water partition coefficient (Wildman–Crippen LogP) is 1.81. The summed E-state index contributed by atoms with van der Waals surface area (Å²) in [6.45, 7) is 5.41. The molecule has 2 heterocycles. The van der Waals surface area contributed by atoms with Crippen LogP contribution in [0.25, 0.3) is 11.1 Å². The van der Waals surface area contributed by atoms with Crippen molar-refractivity contribution in [1.82, 2.24) is 19.5 Å². The molecule has 9 heteroatoms. The lowest BCUT2D eigenvalue weighted by atomic mass is 9.76. The van der Waals surface area contributed by atoms with Gasteiger partial charge in [-0.3, -0.25) is 9.79 Å². The van der Waals surface area contributed by atoms with Crippen LogP contribution in [0.1, 0.15) is 25.5 Å². The number of ether oxygens (including phenoxy) is 1. The van der Waals surface area contributed by atoms with Gasteiger partial charge in [0.2, 0.25) is 11.8 Å². The average Bonchev–Trinajstić information content (AvgIpc) is 3.03. The molecular weight excluding hydrogens is 363 g/mol. The van der Waals surface area contributed by atoms with Crippen LogP contribution in [0.5, 0.6) is 5.88 Å². The number of hydrogen-bond acceptors (Lipinski definition) is 6. The number of aromatic nitrogens is 3. The van der Waals surface area contributed by atoms with Crippen molar-refractivity contribution < 1.29 is 13.9 Å². The van der Waals surface area contributed by atoms with Gasteiger partial charge < -0.3 is 15.4 Å². The van der Waals surface area contributed by atoms with Gasteiger partial charge >= 0.3 is 0 Å². The van der Waals surface area contributed by atoms with Crippen LogP contribution in [0.4, 0.5) is 4.39 Å². The third-order valence-corrected chi connectivity index (χ3v) is 4.91. The smallest absolute Gasteiger partial charge is 0.245 e. The summed E-state index contributed by atoms with van der Waals surface area (Å²) in [6.07, 6.45) is 8.04. The lowest BCUT2D eigenvalue weighted by Crippen LogP contribution is -2.56. The lowest BCUT2D eigenvalue weighted by molar-refractivity contribution is -0.134. The first-order chi connectivity index (χ1) is 13.3. The normalized spacial score (nSPS) is 22.3. The number of carbonyl (C=O) groups excluding carboxylic acids is 1. The molecule has 1 fully saturated rings. The van der Waals surface area contributed by atoms with Crippen molar-refractivity contribution in [3.63, 3.8) is 0 Å². The Morgan fingerprint density at radius 3 is 2.89 bits per heavy atom. The summed E-state index contributed by atoms with van der Waals surface area (Å²) in [5.41, 5.74) is 6.23. The monoisotopic (exact) mass is 386 g/mol. The minimum absolute atomic E-state index is 0.0242. The van der Waals surface area contributed by atoms with E-state index in [1.54, 1.807) is 31.4 Å². The van der Waals surface area contributed by atoms with Crippen molar-refractivity contribution in [3.8, 4) is 5.88 Å². The van der Waals surface area contributed by atoms with Crippen molar-refractivity contribution in [3.05, 3.63) is 42.8 Å². The van der Waals surface area contributed by atoms with E-state index in [0.29, 0.717) is 24.1 Å². The molecule has 1 aliphatic carbocycles. The number of allylic oxidation sites excluding steroid dienone is 1. The van der Waals surface area contributed by atoms with Crippen molar-refractivity contribution in [1.29, 1.82) is 0 Å². The minimum atomic E-state index is -0.589. The first-order valence-electron chi connectivity index (χ1n) is 8.78. The van der Waals surface area contributed by atoms with E-state index in [-0.39, 0.29) is 23.3 Å². The number of hydrogen-bond donors (Lipinski definition) is 1. The fourth-order valence-electron chi connectivity index (χ4n) is 3.34. The molecule has 0 radical (unpaired) electrons. The Bertz CT molecular complexity index is 974. The molecule has 1 amide bonds. The largest absolute Gasteiger partial charge is 0.470 e. The molecule has 2 N–H and O–H groups in total. The SMILES string of the molecule is C=CC(=O)N(C)C1CC(C)(Oc2nc(C(C=NC)=CN)cn3ncc(F)c23)C1. The summed E-state index contributed by atoms with van der Waals surface area (Å²) in [5, 5.41) is 4.01. The fraction of sp³-hybridized carbons (Fsp3) is 0.368. The Morgan fingerprint density at radius 2 is 2.29 bits per heavy atom. The van der Waals surface area contributed by atoms with Gasteiger partial charge in [0, 0.05) is 51.0 Å². The molecule has 8 nitrogen and oxygen atoms in total. The molecule has 0 aliphatic heterocycles. The van der Waals surface area contributed by atoms with Gasteiger partial charge in [0.15, 0.2) is 11.3 Å². The molecule has 2 aromatic rings. The van der Waals surface area contributed by atoms with Crippen LogP contribution in [0.15, 0.2) is 36.2 Å². The van der Waals surface area contributed by atoms with Crippen LogP contribution in [-0.2, 0) is 4.79 Å². The van der Waals surface area contributed by atoms with Gasteiger partial charge in [-0.05, 0) is 13.0 Å². The Kier molecular flexibility index (Phi) is 5.17. The molecule has 28 heavy (non-hydrogen) atoms. The fourth-order valence-corrected chi connectivity index (χ4v) is 3.34. The molecule has 0 saturated heterocycles. The zero-order valence-electron chi connectivity index (χ0n) is 16.1. The van der Waals surface area contributed by atoms with Crippen LogP contribution in [0.3, 0.4) is 0 Å². The predicted molar refractivity (Wildman–Crippen MR) is 105 cm³/mol. The molecule has 0 unspecified atom stereocenters. The standard InChI is InChI=1S/C19H23FN6O2/c1-5-16(27)25(4)13-6-19(2,7-13)28-18-17-14(20)10-23-26(17)11-15(24-18)12(8-21)9-22-3/h5,8-11,13H,1,6-7,21H2,2-4H3. The van der Waals surface area contributed by atoms with E-state index in [2.05, 4.69) is 21.7 Å². The number of fused-ring (bicyclic) bond motifs is 1. The number of nitrogens with zero attached hydrogens (tertiary/aromatic N) is 5. The second kappa shape index (κ2) is 7.41. The maximum Gasteiger partial charge on any atom is 0.245 e. The van der Waals surface area contributed by atoms with E-state index in [9.17, 15) is 9.18 Å². The average molecular weight is 386 g/mol. The zero-order chi connectivity index (χ0) is 20.5. The quantitative estimate of drug-likeness (QED) is 0.603. The van der Waals surface area contributed by atoms with Gasteiger partial charge in [0.1, 0.15) is 5.60 Å². The van der Waals surface area contributed by atoms with Gasteiger partial charge in [-0.15, -0.1) is 0 Å². The van der Waals surface area contributed by atoms with Gasteiger partial charge in [0.25, 0.3) is 0 Å². The summed E-state index contributed by atoms with van der Waals surface area (Å²) in [7, 11) is 3.34. The summed E-state index contributed by atoms with van der Waals surface area (Å²) in [5.74, 6) is -0.558. The van der Waals surface area contributed by atoms with E-state index >= 15 is 0 Å². The van der Waals surface area contributed by atoms with Crippen LogP contribution < -0.4 is 10.5 Å². The summed E-state index contributed by atoms with van der Waals surface area (Å²) < 4.78 is 21.8. The van der Waals surface area contributed by atoms with Gasteiger partial charge in [-0.1, -0.05) is 6.58 Å². The highest BCUT2D eigenvalue weighted by atomic mass is 19.1. The number of carbonyl (C=O) groups is 1. The summed E-state index contributed by atoms with van der Waals surface area (Å²) in [4.78, 5) is 21.8. The maximum absolute atomic E-state index is 14.3. The van der Waals surface area contributed by atoms with Gasteiger partial charge in [0.05, 0.1) is 18.1 Å². The third-order valence-electron chi connectivity index (χ3n) is 4.91. The minimum Gasteiger partial charge on any atom is -0.470 e. The Balaban J connectivity index is 1.91. The molecule has 3 rings (SSSR count). The molecule has 1 aliphatic rings. The second-order valence-corrected chi connectivity index (χ2v) is 6.99. The van der Waals surface area contributed by atoms with E-state index in [1.807, 2.05) is 6.92 Å². The number of nitrogens with two attached hydrogens (primary N) is 1. The molecule has 1 saturated carbocycles. The number of likely N-dealkylation sites (N-methyl/N-ethyl adjacent to an activating group) is 1. The summed E-state index contributed by atoms with van der Waals surface area (Å²) in [6, 6.07) is 0.0242. The number of rotatable bonds is 6. The van der Waals surface area contributed by atoms with E-state index < -0.39 is 11.4 Å². The third kappa shape index (κ3) is 3.47. The van der Waals surface area contributed by atoms with Crippen LogP contribution in [-0.4, -0.2) is 57.4 Å². The second-order valence-electron chi connectivity index (χ2n) is 6.99. The molecule has 0 aromatic carbocycles. The Labute approximate surface area is 162 Å². The molecule has 2 aromatic heterocycles. The number of halogens is 1. The van der Waals surface area contributed by atoms with Crippen LogP contribution >= 0.6 is 0 Å². The van der Waals surface area contributed by atoms with E-state index in [0.717, 1.165) is 6.20 Å².